The van der Waals surface area contributed by atoms with Gasteiger partial charge in [0.25, 0.3) is 0 Å². The molecule has 0 aromatic rings. The van der Waals surface area contributed by atoms with Crippen molar-refractivity contribution in [3.63, 3.8) is 0 Å². The van der Waals surface area contributed by atoms with E-state index in [0.29, 0.717) is 23.7 Å². The number of aliphatic hydroxyl groups excluding tert-OH is 1. The number of rotatable bonds is 3. The maximum absolute atomic E-state index is 12.1. The molecule has 0 aromatic heterocycles. The Balaban J connectivity index is 1.50. The van der Waals surface area contributed by atoms with Gasteiger partial charge in [-0.3, -0.25) is 4.79 Å². The van der Waals surface area contributed by atoms with Crippen molar-refractivity contribution in [3.05, 3.63) is 0 Å². The van der Waals surface area contributed by atoms with E-state index in [-0.39, 0.29) is 11.8 Å². The van der Waals surface area contributed by atoms with Crippen LogP contribution in [0.5, 0.6) is 0 Å². The molecule has 0 radical (unpaired) electrons. The van der Waals surface area contributed by atoms with E-state index in [1.165, 1.54) is 19.3 Å². The first kappa shape index (κ1) is 12.3. The number of fused-ring (bicyclic) bond motifs is 5. The Labute approximate surface area is 103 Å². The topological polar surface area (TPSA) is 49.3 Å². The number of halogens is 3. The van der Waals surface area contributed by atoms with Crippen LogP contribution in [0.15, 0.2) is 0 Å². The molecule has 0 spiro atoms. The van der Waals surface area contributed by atoms with Crippen LogP contribution in [0.25, 0.3) is 0 Å². The third-order valence-electron chi connectivity index (χ3n) is 4.89. The minimum atomic E-state index is -4.66. The lowest BCUT2D eigenvalue weighted by molar-refractivity contribution is -0.201. The second kappa shape index (κ2) is 3.85. The molecular formula is C12H16F3NO2. The van der Waals surface area contributed by atoms with Gasteiger partial charge in [0.2, 0.25) is 5.91 Å². The van der Waals surface area contributed by atoms with Gasteiger partial charge in [-0.2, -0.15) is 13.2 Å². The SMILES string of the molecule is O=C(NCC(O)C(F)(F)F)C1C2C3CCC(C3)C12. The summed E-state index contributed by atoms with van der Waals surface area (Å²) >= 11 is 0. The van der Waals surface area contributed by atoms with E-state index in [4.69, 9.17) is 5.11 Å². The van der Waals surface area contributed by atoms with Gasteiger partial charge in [-0.15, -0.1) is 0 Å². The molecule has 2 N–H and O–H groups in total. The van der Waals surface area contributed by atoms with Crippen LogP contribution < -0.4 is 5.32 Å². The molecule has 0 saturated heterocycles. The van der Waals surface area contributed by atoms with Crippen LogP contribution in [0.1, 0.15) is 19.3 Å². The van der Waals surface area contributed by atoms with E-state index < -0.39 is 18.8 Å². The molecule has 3 saturated carbocycles. The van der Waals surface area contributed by atoms with Gasteiger partial charge in [0, 0.05) is 5.92 Å². The van der Waals surface area contributed by atoms with Crippen molar-refractivity contribution in [2.24, 2.45) is 29.6 Å². The Kier molecular flexibility index (Phi) is 2.63. The van der Waals surface area contributed by atoms with Gasteiger partial charge >= 0.3 is 6.18 Å². The molecule has 0 aromatic carbocycles. The van der Waals surface area contributed by atoms with Gasteiger partial charge in [-0.25, -0.2) is 0 Å². The number of hydrogen-bond donors (Lipinski definition) is 2. The maximum atomic E-state index is 12.1. The highest BCUT2D eigenvalue weighted by molar-refractivity contribution is 5.82. The smallest absolute Gasteiger partial charge is 0.382 e. The third-order valence-corrected chi connectivity index (χ3v) is 4.89. The van der Waals surface area contributed by atoms with Crippen molar-refractivity contribution >= 4 is 5.91 Å². The predicted molar refractivity (Wildman–Crippen MR) is 56.4 cm³/mol. The van der Waals surface area contributed by atoms with E-state index in [1.807, 2.05) is 0 Å². The molecule has 0 aliphatic heterocycles. The van der Waals surface area contributed by atoms with Gasteiger partial charge in [0.05, 0.1) is 6.54 Å². The predicted octanol–water partition coefficient (Wildman–Crippen LogP) is 1.32. The lowest BCUT2D eigenvalue weighted by Gasteiger charge is -2.16. The fraction of sp³-hybridized carbons (Fsp3) is 0.917. The number of carbonyl (C=O) groups excluding carboxylic acids is 1. The molecule has 5 unspecified atom stereocenters. The summed E-state index contributed by atoms with van der Waals surface area (Å²) in [5, 5.41) is 11.1. The molecule has 2 bridgehead atoms. The fourth-order valence-electron chi connectivity index (χ4n) is 4.11. The quantitative estimate of drug-likeness (QED) is 0.806. The van der Waals surface area contributed by atoms with Gasteiger partial charge in [-0.1, -0.05) is 0 Å². The highest BCUT2D eigenvalue weighted by atomic mass is 19.4. The van der Waals surface area contributed by atoms with Crippen molar-refractivity contribution in [3.8, 4) is 0 Å². The molecular weight excluding hydrogens is 247 g/mol. The summed E-state index contributed by atoms with van der Waals surface area (Å²) < 4.78 is 36.2. The summed E-state index contributed by atoms with van der Waals surface area (Å²) in [6.45, 7) is -0.729. The molecule has 18 heavy (non-hydrogen) atoms. The Morgan fingerprint density at radius 1 is 1.28 bits per heavy atom. The monoisotopic (exact) mass is 263 g/mol. The van der Waals surface area contributed by atoms with E-state index in [2.05, 4.69) is 5.32 Å². The summed E-state index contributed by atoms with van der Waals surface area (Å²) in [7, 11) is 0. The Hall–Kier alpha value is -0.780. The van der Waals surface area contributed by atoms with E-state index >= 15 is 0 Å². The number of nitrogens with one attached hydrogen (secondary N) is 1. The summed E-state index contributed by atoms with van der Waals surface area (Å²) in [5.74, 6) is 1.66. The molecule has 5 atom stereocenters. The number of aliphatic hydroxyl groups is 1. The van der Waals surface area contributed by atoms with Crippen LogP contribution in [0.4, 0.5) is 13.2 Å². The molecule has 6 heteroatoms. The second-order valence-electron chi connectivity index (χ2n) is 5.82. The fourth-order valence-corrected chi connectivity index (χ4v) is 4.11. The number of hydrogen-bond acceptors (Lipinski definition) is 2. The zero-order chi connectivity index (χ0) is 13.1. The zero-order valence-electron chi connectivity index (χ0n) is 9.78. The van der Waals surface area contributed by atoms with Gasteiger partial charge in [-0.05, 0) is 42.9 Å². The molecule has 3 aliphatic carbocycles. The van der Waals surface area contributed by atoms with Crippen LogP contribution in [-0.2, 0) is 4.79 Å². The lowest BCUT2D eigenvalue weighted by atomic mass is 10.0. The summed E-state index contributed by atoms with van der Waals surface area (Å²) in [6.07, 6.45) is -3.59. The average molecular weight is 263 g/mol. The normalized spacial score (nSPS) is 42.6. The van der Waals surface area contributed by atoms with Crippen LogP contribution in [0, 0.1) is 29.6 Å². The van der Waals surface area contributed by atoms with Crippen molar-refractivity contribution in [2.75, 3.05) is 6.54 Å². The highest BCUT2D eigenvalue weighted by Gasteiger charge is 2.67. The third kappa shape index (κ3) is 1.81. The van der Waals surface area contributed by atoms with Crippen LogP contribution in [0.3, 0.4) is 0 Å². The van der Waals surface area contributed by atoms with Crippen molar-refractivity contribution in [1.82, 2.24) is 5.32 Å². The van der Waals surface area contributed by atoms with Gasteiger partial charge in [0.1, 0.15) is 0 Å². The zero-order valence-corrected chi connectivity index (χ0v) is 9.78. The minimum absolute atomic E-state index is 0.0864. The van der Waals surface area contributed by atoms with Crippen molar-refractivity contribution in [2.45, 2.75) is 31.5 Å². The maximum Gasteiger partial charge on any atom is 0.416 e. The summed E-state index contributed by atoms with van der Waals surface area (Å²) in [6, 6.07) is 0. The standard InChI is InChI=1S/C12H16F3NO2/c13-12(14,15)7(17)4-16-11(18)10-8-5-1-2-6(3-5)9(8)10/h5-10,17H,1-4H2,(H,16,18). The number of amides is 1. The molecule has 1 amide bonds. The van der Waals surface area contributed by atoms with Gasteiger partial charge < -0.3 is 10.4 Å². The van der Waals surface area contributed by atoms with Crippen molar-refractivity contribution in [1.29, 1.82) is 0 Å². The molecule has 3 rings (SSSR count). The molecule has 3 nitrogen and oxygen atoms in total. The number of alkyl halides is 3. The van der Waals surface area contributed by atoms with Crippen LogP contribution >= 0.6 is 0 Å². The van der Waals surface area contributed by atoms with Crippen LogP contribution in [-0.4, -0.2) is 29.8 Å². The van der Waals surface area contributed by atoms with E-state index in [9.17, 15) is 18.0 Å². The molecule has 3 fully saturated rings. The van der Waals surface area contributed by atoms with E-state index in [0.717, 1.165) is 0 Å². The Bertz CT molecular complexity index is 355. The van der Waals surface area contributed by atoms with Gasteiger partial charge in [0.15, 0.2) is 6.10 Å². The number of carbonyl (C=O) groups is 1. The molecule has 0 heterocycles. The first-order valence-electron chi connectivity index (χ1n) is 6.42. The average Bonchev–Trinajstić information content (AvgIpc) is 2.73. The Morgan fingerprint density at radius 2 is 1.83 bits per heavy atom. The molecule has 3 aliphatic rings. The first-order valence-corrected chi connectivity index (χ1v) is 6.42. The lowest BCUT2D eigenvalue weighted by Crippen LogP contribution is -2.41. The second-order valence-corrected chi connectivity index (χ2v) is 5.82. The first-order chi connectivity index (χ1) is 8.39. The summed E-state index contributed by atoms with van der Waals surface area (Å²) in [4.78, 5) is 11.8. The van der Waals surface area contributed by atoms with Crippen molar-refractivity contribution < 1.29 is 23.1 Å². The van der Waals surface area contributed by atoms with E-state index in [1.54, 1.807) is 0 Å². The largest absolute Gasteiger partial charge is 0.416 e. The summed E-state index contributed by atoms with van der Waals surface area (Å²) in [5.41, 5.74) is 0. The highest BCUT2D eigenvalue weighted by Crippen LogP contribution is 2.69. The molecule has 102 valence electrons. The van der Waals surface area contributed by atoms with Crippen LogP contribution in [0.2, 0.25) is 0 Å². The minimum Gasteiger partial charge on any atom is -0.382 e. The Morgan fingerprint density at radius 3 is 2.33 bits per heavy atom.